The van der Waals surface area contributed by atoms with Crippen molar-refractivity contribution in [3.63, 3.8) is 0 Å². The average molecular weight is 362 g/mol. The van der Waals surface area contributed by atoms with E-state index in [1.807, 2.05) is 12.1 Å². The Bertz CT molecular complexity index is 625. The zero-order valence-electron chi connectivity index (χ0n) is 16.1. The lowest BCUT2D eigenvalue weighted by atomic mass is 10.0. The lowest BCUT2D eigenvalue weighted by Crippen LogP contribution is -2.46. The Morgan fingerprint density at radius 1 is 1.23 bits per heavy atom. The van der Waals surface area contributed by atoms with Gasteiger partial charge in [-0.25, -0.2) is 9.38 Å². The lowest BCUT2D eigenvalue weighted by molar-refractivity contribution is 0.270. The van der Waals surface area contributed by atoms with Crippen LogP contribution < -0.4 is 10.6 Å². The highest BCUT2D eigenvalue weighted by atomic mass is 19.1. The second-order valence-corrected chi connectivity index (χ2v) is 7.57. The van der Waals surface area contributed by atoms with Gasteiger partial charge in [-0.3, -0.25) is 0 Å². The number of hydrogen-bond donors (Lipinski definition) is 1. The van der Waals surface area contributed by atoms with Crippen molar-refractivity contribution < 1.29 is 4.39 Å². The predicted molar refractivity (Wildman–Crippen MR) is 106 cm³/mol. The Labute approximate surface area is 156 Å². The summed E-state index contributed by atoms with van der Waals surface area (Å²) in [7, 11) is 0. The number of guanidine groups is 1. The first kappa shape index (κ1) is 19.0. The maximum Gasteiger partial charge on any atom is 0.191 e. The van der Waals surface area contributed by atoms with Gasteiger partial charge in [0, 0.05) is 39.3 Å². The van der Waals surface area contributed by atoms with Crippen LogP contribution in [0.15, 0.2) is 23.2 Å². The zero-order chi connectivity index (χ0) is 18.5. The Morgan fingerprint density at radius 2 is 2.00 bits per heavy atom. The van der Waals surface area contributed by atoms with E-state index in [4.69, 9.17) is 5.73 Å². The summed E-state index contributed by atoms with van der Waals surface area (Å²) < 4.78 is 14.6. The second kappa shape index (κ2) is 8.71. The highest BCUT2D eigenvalue weighted by Crippen LogP contribution is 2.22. The molecular weight excluding hydrogens is 329 g/mol. The molecule has 0 spiro atoms. The summed E-state index contributed by atoms with van der Waals surface area (Å²) in [5.41, 5.74) is 7.71. The van der Waals surface area contributed by atoms with Crippen molar-refractivity contribution in [2.24, 2.45) is 16.6 Å². The highest BCUT2D eigenvalue weighted by molar-refractivity contribution is 5.78. The number of aliphatic imine (C=N–C) groups is 1. The van der Waals surface area contributed by atoms with Crippen LogP contribution in [0.25, 0.3) is 0 Å². The molecule has 0 bridgehead atoms. The summed E-state index contributed by atoms with van der Waals surface area (Å²) in [6, 6.07) is 5.47. The number of likely N-dealkylation sites (tertiary alicyclic amines) is 1. The van der Waals surface area contributed by atoms with Gasteiger partial charge in [-0.2, -0.15) is 0 Å². The van der Waals surface area contributed by atoms with Crippen molar-refractivity contribution in [2.45, 2.75) is 33.2 Å². The highest BCUT2D eigenvalue weighted by Gasteiger charge is 2.19. The molecule has 5 nitrogen and oxygen atoms in total. The number of nitrogens with zero attached hydrogens (tertiary/aromatic N) is 4. The van der Waals surface area contributed by atoms with Gasteiger partial charge >= 0.3 is 0 Å². The van der Waals surface area contributed by atoms with Crippen molar-refractivity contribution in [3.8, 4) is 0 Å². The van der Waals surface area contributed by atoms with E-state index in [2.05, 4.69) is 33.5 Å². The summed E-state index contributed by atoms with van der Waals surface area (Å²) >= 11 is 0. The SMILES string of the molecule is CCN1CCN(c2ccc(CN=C(N)N3CCCC(C)C3)cc2F)CC1. The largest absolute Gasteiger partial charge is 0.370 e. The Hall–Kier alpha value is -1.82. The summed E-state index contributed by atoms with van der Waals surface area (Å²) in [6.45, 7) is 11.6. The minimum Gasteiger partial charge on any atom is -0.370 e. The maximum absolute atomic E-state index is 14.6. The maximum atomic E-state index is 14.6. The second-order valence-electron chi connectivity index (χ2n) is 7.57. The van der Waals surface area contributed by atoms with Crippen LogP contribution in [0.2, 0.25) is 0 Å². The molecule has 0 aliphatic carbocycles. The molecule has 144 valence electrons. The number of rotatable bonds is 4. The third kappa shape index (κ3) is 4.67. The van der Waals surface area contributed by atoms with Crippen LogP contribution in [-0.2, 0) is 6.54 Å². The Kier molecular flexibility index (Phi) is 6.35. The van der Waals surface area contributed by atoms with Gasteiger partial charge in [0.2, 0.25) is 0 Å². The van der Waals surface area contributed by atoms with Crippen molar-refractivity contribution in [1.82, 2.24) is 9.80 Å². The lowest BCUT2D eigenvalue weighted by Gasteiger charge is -2.35. The average Bonchev–Trinajstić information content (AvgIpc) is 2.66. The number of halogens is 1. The third-order valence-corrected chi connectivity index (χ3v) is 5.58. The molecule has 2 fully saturated rings. The number of piperidine rings is 1. The molecule has 0 amide bonds. The van der Waals surface area contributed by atoms with Gasteiger partial charge in [-0.1, -0.05) is 19.9 Å². The summed E-state index contributed by atoms with van der Waals surface area (Å²) in [4.78, 5) is 11.2. The van der Waals surface area contributed by atoms with Gasteiger partial charge in [0.05, 0.1) is 12.2 Å². The van der Waals surface area contributed by atoms with Crippen molar-refractivity contribution >= 4 is 11.6 Å². The topological polar surface area (TPSA) is 48.1 Å². The first-order valence-electron chi connectivity index (χ1n) is 9.87. The molecule has 26 heavy (non-hydrogen) atoms. The summed E-state index contributed by atoms with van der Waals surface area (Å²) in [5.74, 6) is 1.08. The van der Waals surface area contributed by atoms with Crippen molar-refractivity contribution in [3.05, 3.63) is 29.6 Å². The zero-order valence-corrected chi connectivity index (χ0v) is 16.1. The number of hydrogen-bond acceptors (Lipinski definition) is 3. The van der Waals surface area contributed by atoms with E-state index >= 15 is 0 Å². The number of benzene rings is 1. The standard InChI is InChI=1S/C20H32FN5/c1-3-24-9-11-25(12-10-24)19-7-6-17(13-18(19)21)14-23-20(22)26-8-4-5-16(2)15-26/h6-7,13,16H,3-5,8-12,14-15H2,1-2H3,(H2,22,23). The van der Waals surface area contributed by atoms with Crippen LogP contribution in [0.3, 0.4) is 0 Å². The molecule has 1 unspecified atom stereocenters. The van der Waals surface area contributed by atoms with E-state index in [1.54, 1.807) is 6.07 Å². The van der Waals surface area contributed by atoms with Gasteiger partial charge in [-0.15, -0.1) is 0 Å². The molecule has 2 heterocycles. The quantitative estimate of drug-likeness (QED) is 0.661. The molecule has 1 aromatic carbocycles. The molecule has 2 saturated heterocycles. The minimum absolute atomic E-state index is 0.159. The molecule has 2 N–H and O–H groups in total. The van der Waals surface area contributed by atoms with E-state index in [9.17, 15) is 4.39 Å². The van der Waals surface area contributed by atoms with Crippen LogP contribution in [-0.4, -0.2) is 61.6 Å². The number of piperazine rings is 1. The molecule has 0 saturated carbocycles. The van der Waals surface area contributed by atoms with Crippen LogP contribution in [0.4, 0.5) is 10.1 Å². The molecule has 0 radical (unpaired) electrons. The molecule has 1 atom stereocenters. The molecule has 0 aromatic heterocycles. The molecule has 3 rings (SSSR count). The monoisotopic (exact) mass is 361 g/mol. The van der Waals surface area contributed by atoms with Gasteiger partial charge in [0.1, 0.15) is 5.82 Å². The van der Waals surface area contributed by atoms with E-state index in [-0.39, 0.29) is 5.82 Å². The van der Waals surface area contributed by atoms with Crippen molar-refractivity contribution in [2.75, 3.05) is 50.7 Å². The Morgan fingerprint density at radius 3 is 2.65 bits per heavy atom. The molecule has 2 aliphatic rings. The van der Waals surface area contributed by atoms with Gasteiger partial charge in [-0.05, 0) is 43.0 Å². The smallest absolute Gasteiger partial charge is 0.191 e. The van der Waals surface area contributed by atoms with E-state index in [0.29, 0.717) is 24.1 Å². The Balaban J connectivity index is 1.60. The van der Waals surface area contributed by atoms with Crippen LogP contribution in [0, 0.1) is 11.7 Å². The third-order valence-electron chi connectivity index (χ3n) is 5.58. The van der Waals surface area contributed by atoms with Crippen LogP contribution in [0.5, 0.6) is 0 Å². The van der Waals surface area contributed by atoms with E-state index in [1.165, 1.54) is 6.42 Å². The minimum atomic E-state index is -0.159. The van der Waals surface area contributed by atoms with Crippen molar-refractivity contribution in [1.29, 1.82) is 0 Å². The fraction of sp³-hybridized carbons (Fsp3) is 0.650. The van der Waals surface area contributed by atoms with Gasteiger partial charge in [0.15, 0.2) is 5.96 Å². The number of likely N-dealkylation sites (N-methyl/N-ethyl adjacent to an activating group) is 1. The van der Waals surface area contributed by atoms with E-state index in [0.717, 1.165) is 57.8 Å². The van der Waals surface area contributed by atoms with E-state index < -0.39 is 0 Å². The van der Waals surface area contributed by atoms with Gasteiger partial charge in [0.25, 0.3) is 0 Å². The summed E-state index contributed by atoms with van der Waals surface area (Å²) in [6.07, 6.45) is 2.41. The first-order valence-corrected chi connectivity index (χ1v) is 9.87. The summed E-state index contributed by atoms with van der Waals surface area (Å²) in [5, 5.41) is 0. The molecule has 6 heteroatoms. The molecule has 2 aliphatic heterocycles. The normalized spacial score (nSPS) is 22.7. The first-order chi connectivity index (χ1) is 12.6. The van der Waals surface area contributed by atoms with Crippen LogP contribution >= 0.6 is 0 Å². The van der Waals surface area contributed by atoms with Gasteiger partial charge < -0.3 is 20.4 Å². The number of anilines is 1. The van der Waals surface area contributed by atoms with Crippen LogP contribution in [0.1, 0.15) is 32.3 Å². The predicted octanol–water partition coefficient (Wildman–Crippen LogP) is 2.51. The fourth-order valence-corrected chi connectivity index (χ4v) is 3.88. The molecular formula is C20H32FN5. The number of nitrogens with two attached hydrogens (primary N) is 1. The molecule has 1 aromatic rings. The fourth-order valence-electron chi connectivity index (χ4n) is 3.88.